The van der Waals surface area contributed by atoms with Gasteiger partial charge in [-0.2, -0.15) is 0 Å². The molecule has 140 valence electrons. The summed E-state index contributed by atoms with van der Waals surface area (Å²) >= 11 is 0. The second-order valence-corrected chi connectivity index (χ2v) is 7.03. The summed E-state index contributed by atoms with van der Waals surface area (Å²) in [5, 5.41) is 3.20. The summed E-state index contributed by atoms with van der Waals surface area (Å²) < 4.78 is 1.59. The highest BCUT2D eigenvalue weighted by Crippen LogP contribution is 2.37. The Labute approximate surface area is 168 Å². The molecule has 1 aliphatic rings. The van der Waals surface area contributed by atoms with Crippen LogP contribution in [0.25, 0.3) is 17.3 Å². The first kappa shape index (κ1) is 17.2. The van der Waals surface area contributed by atoms with Gasteiger partial charge in [-0.25, -0.2) is 9.67 Å². The fraction of sp³-hybridized carbons (Fsp3) is 0.0400. The third-order valence-electron chi connectivity index (χ3n) is 5.15. The van der Waals surface area contributed by atoms with Crippen molar-refractivity contribution in [1.29, 1.82) is 0 Å². The van der Waals surface area contributed by atoms with Crippen LogP contribution in [0.15, 0.2) is 94.7 Å². The van der Waals surface area contributed by atoms with E-state index in [1.54, 1.807) is 4.68 Å². The van der Waals surface area contributed by atoms with Gasteiger partial charge in [0.15, 0.2) is 0 Å². The Hall–Kier alpha value is -3.92. The number of benzene rings is 3. The summed E-state index contributed by atoms with van der Waals surface area (Å²) in [5.74, 6) is 0. The predicted molar refractivity (Wildman–Crippen MR) is 118 cm³/mol. The maximum absolute atomic E-state index is 13.2. The molecule has 3 aromatic carbocycles. The van der Waals surface area contributed by atoms with Crippen molar-refractivity contribution in [2.75, 3.05) is 0 Å². The number of rotatable bonds is 3. The van der Waals surface area contributed by atoms with Crippen LogP contribution >= 0.6 is 0 Å². The van der Waals surface area contributed by atoms with E-state index in [2.05, 4.69) is 11.2 Å². The van der Waals surface area contributed by atoms with E-state index in [-0.39, 0.29) is 5.56 Å². The quantitative estimate of drug-likeness (QED) is 0.527. The van der Waals surface area contributed by atoms with Crippen molar-refractivity contribution in [1.82, 2.24) is 9.78 Å². The lowest BCUT2D eigenvalue weighted by atomic mass is 9.96. The van der Waals surface area contributed by atoms with Gasteiger partial charge in [-0.05, 0) is 31.2 Å². The average molecular weight is 377 g/mol. The van der Waals surface area contributed by atoms with E-state index in [1.165, 1.54) is 0 Å². The number of fused-ring (bicyclic) bond motifs is 1. The number of aromatic nitrogens is 2. The first-order chi connectivity index (χ1) is 14.2. The van der Waals surface area contributed by atoms with Gasteiger partial charge in [0.05, 0.1) is 22.6 Å². The minimum absolute atomic E-state index is 0.0713. The van der Waals surface area contributed by atoms with Crippen molar-refractivity contribution in [3.8, 4) is 5.69 Å². The van der Waals surface area contributed by atoms with Crippen molar-refractivity contribution < 1.29 is 0 Å². The molecule has 0 saturated heterocycles. The minimum Gasteiger partial charge on any atom is -0.295 e. The summed E-state index contributed by atoms with van der Waals surface area (Å²) in [5.41, 5.74) is 7.06. The SMILES string of the molecule is Cc1[nH]n(-c2ccccc2)c(=O)c1C=C1C(c2ccccc2)=Nc2ccccc21. The largest absolute Gasteiger partial charge is 0.295 e. The molecule has 2 heterocycles. The van der Waals surface area contributed by atoms with Crippen LogP contribution in [-0.2, 0) is 0 Å². The predicted octanol–water partition coefficient (Wildman–Crippen LogP) is 5.15. The third-order valence-corrected chi connectivity index (χ3v) is 5.15. The number of nitrogens with zero attached hydrogens (tertiary/aromatic N) is 2. The van der Waals surface area contributed by atoms with Crippen LogP contribution < -0.4 is 5.56 Å². The highest BCUT2D eigenvalue weighted by Gasteiger charge is 2.23. The lowest BCUT2D eigenvalue weighted by Crippen LogP contribution is -2.16. The van der Waals surface area contributed by atoms with E-state index in [9.17, 15) is 4.79 Å². The summed E-state index contributed by atoms with van der Waals surface area (Å²) in [6.45, 7) is 1.92. The molecule has 4 aromatic rings. The zero-order valence-electron chi connectivity index (χ0n) is 16.0. The highest BCUT2D eigenvalue weighted by molar-refractivity contribution is 6.38. The van der Waals surface area contributed by atoms with Crippen LogP contribution in [0.5, 0.6) is 0 Å². The first-order valence-electron chi connectivity index (χ1n) is 9.55. The Morgan fingerprint density at radius 3 is 2.28 bits per heavy atom. The Bertz CT molecular complexity index is 1310. The normalized spacial score (nSPS) is 14.1. The number of hydrogen-bond donors (Lipinski definition) is 1. The van der Waals surface area contributed by atoms with Gasteiger partial charge in [0.25, 0.3) is 5.56 Å². The van der Waals surface area contributed by atoms with Crippen molar-refractivity contribution in [3.05, 3.63) is 118 Å². The topological polar surface area (TPSA) is 50.1 Å². The summed E-state index contributed by atoms with van der Waals surface area (Å²) in [4.78, 5) is 18.0. The van der Waals surface area contributed by atoms with E-state index >= 15 is 0 Å². The highest BCUT2D eigenvalue weighted by atomic mass is 16.1. The maximum Gasteiger partial charge on any atom is 0.278 e. The van der Waals surface area contributed by atoms with Gasteiger partial charge in [-0.15, -0.1) is 0 Å². The van der Waals surface area contributed by atoms with E-state index in [0.717, 1.165) is 39.5 Å². The van der Waals surface area contributed by atoms with Crippen LogP contribution in [0, 0.1) is 6.92 Å². The third kappa shape index (κ3) is 2.95. The first-order valence-corrected chi connectivity index (χ1v) is 9.55. The minimum atomic E-state index is -0.0713. The van der Waals surface area contributed by atoms with Gasteiger partial charge in [-0.1, -0.05) is 66.7 Å². The molecule has 0 spiro atoms. The molecule has 0 bridgehead atoms. The number of hydrogen-bond acceptors (Lipinski definition) is 2. The van der Waals surface area contributed by atoms with Crippen LogP contribution in [0.3, 0.4) is 0 Å². The van der Waals surface area contributed by atoms with E-state index in [0.29, 0.717) is 5.56 Å². The molecule has 4 heteroatoms. The summed E-state index contributed by atoms with van der Waals surface area (Å²) in [6.07, 6.45) is 1.96. The molecule has 0 saturated carbocycles. The molecule has 1 N–H and O–H groups in total. The van der Waals surface area contributed by atoms with Gasteiger partial charge in [0.1, 0.15) is 0 Å². The Kier molecular flexibility index (Phi) is 4.10. The fourth-order valence-corrected chi connectivity index (χ4v) is 3.70. The number of aryl methyl sites for hydroxylation is 1. The molecular formula is C25H19N3O. The molecule has 0 radical (unpaired) electrons. The zero-order valence-corrected chi connectivity index (χ0v) is 16.0. The second kappa shape index (κ2) is 6.91. The van der Waals surface area contributed by atoms with Crippen molar-refractivity contribution in [2.24, 2.45) is 4.99 Å². The van der Waals surface area contributed by atoms with Gasteiger partial charge in [0.2, 0.25) is 0 Å². The summed E-state index contributed by atoms with van der Waals surface area (Å²) in [6, 6.07) is 27.7. The van der Waals surface area contributed by atoms with Crippen molar-refractivity contribution >= 4 is 23.0 Å². The smallest absolute Gasteiger partial charge is 0.278 e. The lowest BCUT2D eigenvalue weighted by molar-refractivity contribution is 0.835. The molecular weight excluding hydrogens is 358 g/mol. The van der Waals surface area contributed by atoms with Crippen molar-refractivity contribution in [2.45, 2.75) is 6.92 Å². The number of H-pyrrole nitrogens is 1. The number of aliphatic imine (C=N–C) groups is 1. The van der Waals surface area contributed by atoms with Gasteiger partial charge in [0, 0.05) is 22.4 Å². The Morgan fingerprint density at radius 2 is 1.52 bits per heavy atom. The molecule has 29 heavy (non-hydrogen) atoms. The van der Waals surface area contributed by atoms with Crippen molar-refractivity contribution in [3.63, 3.8) is 0 Å². The van der Waals surface area contributed by atoms with Gasteiger partial charge in [-0.3, -0.25) is 9.89 Å². The van der Waals surface area contributed by atoms with E-state index < -0.39 is 0 Å². The molecule has 0 unspecified atom stereocenters. The number of para-hydroxylation sites is 2. The molecule has 1 aliphatic heterocycles. The molecule has 4 nitrogen and oxygen atoms in total. The molecule has 1 aromatic heterocycles. The van der Waals surface area contributed by atoms with E-state index in [4.69, 9.17) is 4.99 Å². The van der Waals surface area contributed by atoms with Gasteiger partial charge < -0.3 is 0 Å². The number of nitrogens with one attached hydrogen (secondary N) is 1. The van der Waals surface area contributed by atoms with Crippen LogP contribution in [0.2, 0.25) is 0 Å². The molecule has 0 aliphatic carbocycles. The average Bonchev–Trinajstić information content (AvgIpc) is 3.28. The molecule has 0 amide bonds. The standard InChI is InChI=1S/C25H19N3O/c1-17-21(25(29)28(27-17)19-12-6-3-7-13-19)16-22-20-14-8-9-15-23(20)26-24(22)18-10-4-2-5-11-18/h2-16,27H,1H3. The van der Waals surface area contributed by atoms with Crippen LogP contribution in [0.4, 0.5) is 5.69 Å². The molecule has 0 fully saturated rings. The number of allylic oxidation sites excluding steroid dienone is 1. The Morgan fingerprint density at radius 1 is 0.862 bits per heavy atom. The fourth-order valence-electron chi connectivity index (χ4n) is 3.70. The molecule has 0 atom stereocenters. The number of aromatic amines is 1. The second-order valence-electron chi connectivity index (χ2n) is 7.03. The monoisotopic (exact) mass is 377 g/mol. The summed E-state index contributed by atoms with van der Waals surface area (Å²) in [7, 11) is 0. The Balaban J connectivity index is 1.69. The lowest BCUT2D eigenvalue weighted by Gasteiger charge is -2.05. The van der Waals surface area contributed by atoms with E-state index in [1.807, 2.05) is 91.9 Å². The zero-order chi connectivity index (χ0) is 19.8. The van der Waals surface area contributed by atoms with Crippen LogP contribution in [0.1, 0.15) is 22.4 Å². The molecule has 5 rings (SSSR count). The maximum atomic E-state index is 13.2. The van der Waals surface area contributed by atoms with Crippen LogP contribution in [-0.4, -0.2) is 15.5 Å². The van der Waals surface area contributed by atoms with Gasteiger partial charge >= 0.3 is 0 Å².